The van der Waals surface area contributed by atoms with Crippen LogP contribution in [0, 0.1) is 11.8 Å². The van der Waals surface area contributed by atoms with Gasteiger partial charge in [-0.1, -0.05) is 18.1 Å². The van der Waals surface area contributed by atoms with Gasteiger partial charge in [-0.15, -0.1) is 0 Å². The van der Waals surface area contributed by atoms with Crippen molar-refractivity contribution in [3.05, 3.63) is 34.3 Å². The molecule has 0 aliphatic rings. The maximum atomic E-state index is 11.7. The van der Waals surface area contributed by atoms with Crippen LogP contribution in [0.5, 0.6) is 0 Å². The molecule has 0 radical (unpaired) electrons. The van der Waals surface area contributed by atoms with Crippen LogP contribution in [0.15, 0.2) is 28.7 Å². The van der Waals surface area contributed by atoms with Gasteiger partial charge in [0.1, 0.15) is 0 Å². The standard InChI is InChI=1S/C9H4BrF3/c10-8-4-2-1-3-7(8)5-6-9(11,12)13/h1-4H. The third-order valence-corrected chi connectivity index (χ3v) is 1.90. The zero-order valence-electron chi connectivity index (χ0n) is 6.32. The van der Waals surface area contributed by atoms with Crippen LogP contribution >= 0.6 is 15.9 Å². The highest BCUT2D eigenvalue weighted by atomic mass is 79.9. The quantitative estimate of drug-likeness (QED) is 0.618. The van der Waals surface area contributed by atoms with Gasteiger partial charge in [0, 0.05) is 16.0 Å². The van der Waals surface area contributed by atoms with Gasteiger partial charge in [-0.25, -0.2) is 0 Å². The lowest BCUT2D eigenvalue weighted by Crippen LogP contribution is -2.01. The summed E-state index contributed by atoms with van der Waals surface area (Å²) >= 11 is 3.09. The molecule has 0 amide bonds. The zero-order valence-corrected chi connectivity index (χ0v) is 7.91. The van der Waals surface area contributed by atoms with E-state index in [1.165, 1.54) is 12.0 Å². The summed E-state index contributed by atoms with van der Waals surface area (Å²) in [6.07, 6.45) is -4.44. The predicted molar refractivity (Wildman–Crippen MR) is 47.1 cm³/mol. The van der Waals surface area contributed by atoms with Gasteiger partial charge in [-0.3, -0.25) is 0 Å². The zero-order chi connectivity index (χ0) is 9.90. The van der Waals surface area contributed by atoms with Crippen LogP contribution in [0.1, 0.15) is 5.56 Å². The molecule has 1 aromatic rings. The minimum Gasteiger partial charge on any atom is -0.159 e. The van der Waals surface area contributed by atoms with Crippen molar-refractivity contribution in [2.75, 3.05) is 0 Å². The fourth-order valence-corrected chi connectivity index (χ4v) is 1.08. The van der Waals surface area contributed by atoms with E-state index < -0.39 is 6.18 Å². The van der Waals surface area contributed by atoms with Crippen LogP contribution < -0.4 is 0 Å². The molecule has 0 N–H and O–H groups in total. The van der Waals surface area contributed by atoms with Crippen LogP contribution in [0.3, 0.4) is 0 Å². The van der Waals surface area contributed by atoms with E-state index in [0.717, 1.165) is 0 Å². The third kappa shape index (κ3) is 3.51. The molecule has 0 spiro atoms. The van der Waals surface area contributed by atoms with Crippen molar-refractivity contribution in [2.24, 2.45) is 0 Å². The first-order valence-corrected chi connectivity index (χ1v) is 4.13. The maximum absolute atomic E-state index is 11.7. The Labute approximate surface area is 81.9 Å². The Hall–Kier alpha value is -0.950. The molecule has 0 fully saturated rings. The monoisotopic (exact) mass is 248 g/mol. The van der Waals surface area contributed by atoms with E-state index in [1.54, 1.807) is 18.2 Å². The molecule has 0 aromatic heterocycles. The molecule has 0 saturated heterocycles. The SMILES string of the molecule is FC(F)(F)C#Cc1ccccc1Br. The van der Waals surface area contributed by atoms with Crippen LogP contribution in [0.2, 0.25) is 0 Å². The maximum Gasteiger partial charge on any atom is 0.458 e. The molecule has 0 unspecified atom stereocenters. The summed E-state index contributed by atoms with van der Waals surface area (Å²) in [7, 11) is 0. The normalized spacial score (nSPS) is 10.5. The average molecular weight is 249 g/mol. The Kier molecular flexibility index (Phi) is 2.99. The first-order valence-electron chi connectivity index (χ1n) is 3.33. The van der Waals surface area contributed by atoms with E-state index in [-0.39, 0.29) is 0 Å². The van der Waals surface area contributed by atoms with E-state index in [0.29, 0.717) is 10.0 Å². The van der Waals surface area contributed by atoms with Crippen LogP contribution in [-0.2, 0) is 0 Å². The second-order valence-corrected chi connectivity index (χ2v) is 3.08. The highest BCUT2D eigenvalue weighted by Crippen LogP contribution is 2.16. The predicted octanol–water partition coefficient (Wildman–Crippen LogP) is 3.36. The summed E-state index contributed by atoms with van der Waals surface area (Å²) in [5, 5.41) is 0. The summed E-state index contributed by atoms with van der Waals surface area (Å²) in [6, 6.07) is 6.50. The first-order chi connectivity index (χ1) is 5.99. The van der Waals surface area contributed by atoms with Gasteiger partial charge in [0.25, 0.3) is 0 Å². The van der Waals surface area contributed by atoms with Crippen molar-refractivity contribution >= 4 is 15.9 Å². The third-order valence-electron chi connectivity index (χ3n) is 1.21. The molecule has 4 heteroatoms. The van der Waals surface area contributed by atoms with Crippen LogP contribution in [-0.4, -0.2) is 6.18 Å². The second kappa shape index (κ2) is 3.84. The van der Waals surface area contributed by atoms with Crippen molar-refractivity contribution in [3.63, 3.8) is 0 Å². The summed E-state index contributed by atoms with van der Waals surface area (Å²) in [6.45, 7) is 0. The van der Waals surface area contributed by atoms with Gasteiger partial charge in [-0.05, 0) is 28.1 Å². The second-order valence-electron chi connectivity index (χ2n) is 2.23. The molecule has 0 bridgehead atoms. The Morgan fingerprint density at radius 3 is 2.31 bits per heavy atom. The molecule has 0 saturated carbocycles. The molecule has 0 heterocycles. The van der Waals surface area contributed by atoms with Crippen LogP contribution in [0.4, 0.5) is 13.2 Å². The molecule has 0 atom stereocenters. The van der Waals surface area contributed by atoms with Gasteiger partial charge in [0.05, 0.1) is 0 Å². The highest BCUT2D eigenvalue weighted by molar-refractivity contribution is 9.10. The van der Waals surface area contributed by atoms with E-state index in [4.69, 9.17) is 0 Å². The Morgan fingerprint density at radius 2 is 1.77 bits per heavy atom. The smallest absolute Gasteiger partial charge is 0.159 e. The number of hydrogen-bond acceptors (Lipinski definition) is 0. The van der Waals surface area contributed by atoms with E-state index in [1.807, 2.05) is 5.92 Å². The number of benzene rings is 1. The van der Waals surface area contributed by atoms with Crippen molar-refractivity contribution < 1.29 is 13.2 Å². The first kappa shape index (κ1) is 10.1. The molecule has 68 valence electrons. The lowest BCUT2D eigenvalue weighted by molar-refractivity contribution is -0.0696. The van der Waals surface area contributed by atoms with Crippen molar-refractivity contribution in [2.45, 2.75) is 6.18 Å². The molecule has 0 aliphatic carbocycles. The van der Waals surface area contributed by atoms with Gasteiger partial charge in [-0.2, -0.15) is 13.2 Å². The average Bonchev–Trinajstić information content (AvgIpc) is 2.01. The van der Waals surface area contributed by atoms with Crippen molar-refractivity contribution in [3.8, 4) is 11.8 Å². The number of alkyl halides is 3. The lowest BCUT2D eigenvalue weighted by Gasteiger charge is -1.95. The number of rotatable bonds is 0. The van der Waals surface area contributed by atoms with E-state index in [9.17, 15) is 13.2 Å². The van der Waals surface area contributed by atoms with Gasteiger partial charge >= 0.3 is 6.18 Å². The fraction of sp³-hybridized carbons (Fsp3) is 0.111. The minimum absolute atomic E-state index is 0.333. The van der Waals surface area contributed by atoms with Gasteiger partial charge in [0.15, 0.2) is 0 Å². The van der Waals surface area contributed by atoms with Gasteiger partial charge < -0.3 is 0 Å². The molecule has 0 nitrogen and oxygen atoms in total. The highest BCUT2D eigenvalue weighted by Gasteiger charge is 2.22. The molecule has 1 aromatic carbocycles. The van der Waals surface area contributed by atoms with Crippen LogP contribution in [0.25, 0.3) is 0 Å². The number of hydrogen-bond donors (Lipinski definition) is 0. The lowest BCUT2D eigenvalue weighted by atomic mass is 10.2. The minimum atomic E-state index is -4.44. The van der Waals surface area contributed by atoms with E-state index in [2.05, 4.69) is 15.9 Å². The summed E-state index contributed by atoms with van der Waals surface area (Å²) < 4.78 is 35.6. The topological polar surface area (TPSA) is 0 Å². The Morgan fingerprint density at radius 1 is 1.15 bits per heavy atom. The molecule has 1 rings (SSSR count). The summed E-state index contributed by atoms with van der Waals surface area (Å²) in [5.41, 5.74) is 0.333. The molecule has 13 heavy (non-hydrogen) atoms. The van der Waals surface area contributed by atoms with Crippen molar-refractivity contribution in [1.82, 2.24) is 0 Å². The number of halogens is 4. The van der Waals surface area contributed by atoms with Gasteiger partial charge in [0.2, 0.25) is 0 Å². The Bertz CT molecular complexity index is 357. The summed E-state index contributed by atoms with van der Waals surface area (Å²) in [4.78, 5) is 0. The fourth-order valence-electron chi connectivity index (χ4n) is 0.701. The van der Waals surface area contributed by atoms with E-state index >= 15 is 0 Å². The summed E-state index contributed by atoms with van der Waals surface area (Å²) in [5.74, 6) is 3.23. The molecular formula is C9H4BrF3. The molecular weight excluding hydrogens is 245 g/mol. The molecule has 0 aliphatic heterocycles. The van der Waals surface area contributed by atoms with Crippen molar-refractivity contribution in [1.29, 1.82) is 0 Å². The Balaban J connectivity index is 2.97. The largest absolute Gasteiger partial charge is 0.458 e.